The van der Waals surface area contributed by atoms with E-state index in [9.17, 15) is 13.2 Å². The summed E-state index contributed by atoms with van der Waals surface area (Å²) < 4.78 is 37.9. The van der Waals surface area contributed by atoms with E-state index in [2.05, 4.69) is 10.3 Å². The first-order chi connectivity index (χ1) is 7.57. The minimum atomic E-state index is -4.34. The first-order valence-corrected chi connectivity index (χ1v) is 5.66. The van der Waals surface area contributed by atoms with Crippen molar-refractivity contribution >= 4 is 22.6 Å². The molecular weight excluding hydrogens is 237 g/mol. The monoisotopic (exact) mass is 246 g/mol. The summed E-state index contributed by atoms with van der Waals surface area (Å²) in [5, 5.41) is 3.26. The lowest BCUT2D eigenvalue weighted by Crippen LogP contribution is -2.13. The Labute approximate surface area is 95.0 Å². The molecule has 0 aromatic heterocycles. The second-order valence-corrected chi connectivity index (χ2v) is 4.29. The molecule has 6 heteroatoms. The lowest BCUT2D eigenvalue weighted by molar-refractivity contribution is -0.136. The molecular formula is C10H9F3N2S. The second-order valence-electron chi connectivity index (χ2n) is 3.20. The third-order valence-corrected chi connectivity index (χ3v) is 2.95. The highest BCUT2D eigenvalue weighted by Gasteiger charge is 2.33. The van der Waals surface area contributed by atoms with Gasteiger partial charge in [0.15, 0.2) is 5.17 Å². The molecule has 0 bridgehead atoms. The minimum absolute atomic E-state index is 0.0585. The van der Waals surface area contributed by atoms with Crippen molar-refractivity contribution in [3.05, 3.63) is 29.8 Å². The van der Waals surface area contributed by atoms with Crippen LogP contribution in [0.2, 0.25) is 0 Å². The van der Waals surface area contributed by atoms with Crippen LogP contribution in [0.5, 0.6) is 0 Å². The molecule has 2 nitrogen and oxygen atoms in total. The van der Waals surface area contributed by atoms with E-state index in [1.54, 1.807) is 6.07 Å². The number of rotatable bonds is 1. The van der Waals surface area contributed by atoms with Crippen LogP contribution in [-0.2, 0) is 6.18 Å². The topological polar surface area (TPSA) is 24.4 Å². The van der Waals surface area contributed by atoms with Crippen LogP contribution in [0.1, 0.15) is 5.56 Å². The smallest absolute Gasteiger partial charge is 0.334 e. The van der Waals surface area contributed by atoms with Crippen molar-refractivity contribution < 1.29 is 13.2 Å². The lowest BCUT2D eigenvalue weighted by Gasteiger charge is -2.13. The van der Waals surface area contributed by atoms with Crippen LogP contribution in [-0.4, -0.2) is 17.5 Å². The molecule has 2 rings (SSSR count). The number of hydrogen-bond donors (Lipinski definition) is 1. The van der Waals surface area contributed by atoms with Crippen LogP contribution < -0.4 is 5.32 Å². The molecule has 0 spiro atoms. The summed E-state index contributed by atoms with van der Waals surface area (Å²) in [6, 6.07) is 5.40. The van der Waals surface area contributed by atoms with E-state index in [1.165, 1.54) is 23.9 Å². The Morgan fingerprint density at radius 3 is 2.62 bits per heavy atom. The molecule has 1 heterocycles. The zero-order chi connectivity index (χ0) is 11.6. The Kier molecular flexibility index (Phi) is 3.09. The van der Waals surface area contributed by atoms with Gasteiger partial charge in [-0.15, -0.1) is 0 Å². The molecule has 0 fully saturated rings. The van der Waals surface area contributed by atoms with Crippen molar-refractivity contribution in [1.82, 2.24) is 0 Å². The molecule has 1 N–H and O–H groups in total. The van der Waals surface area contributed by atoms with Crippen molar-refractivity contribution in [3.8, 4) is 0 Å². The summed E-state index contributed by atoms with van der Waals surface area (Å²) in [5.41, 5.74) is -0.603. The first kappa shape index (κ1) is 11.3. The average molecular weight is 246 g/mol. The number of nitrogens with zero attached hydrogens (tertiary/aromatic N) is 1. The summed E-state index contributed by atoms with van der Waals surface area (Å²) in [6.07, 6.45) is -4.34. The van der Waals surface area contributed by atoms with E-state index in [4.69, 9.17) is 0 Å². The number of benzene rings is 1. The highest BCUT2D eigenvalue weighted by molar-refractivity contribution is 8.14. The number of para-hydroxylation sites is 1. The third kappa shape index (κ3) is 2.49. The van der Waals surface area contributed by atoms with E-state index in [0.717, 1.165) is 11.8 Å². The van der Waals surface area contributed by atoms with Crippen LogP contribution in [0.25, 0.3) is 0 Å². The fraction of sp³-hybridized carbons (Fsp3) is 0.300. The summed E-state index contributed by atoms with van der Waals surface area (Å²) in [7, 11) is 0. The van der Waals surface area contributed by atoms with Crippen LogP contribution in [0.4, 0.5) is 18.9 Å². The Hall–Kier alpha value is -1.17. The molecule has 0 saturated heterocycles. The fourth-order valence-electron chi connectivity index (χ4n) is 1.37. The summed E-state index contributed by atoms with van der Waals surface area (Å²) in [4.78, 5) is 4.06. The molecule has 0 aliphatic carbocycles. The van der Waals surface area contributed by atoms with Gasteiger partial charge >= 0.3 is 6.18 Å². The van der Waals surface area contributed by atoms with Crippen LogP contribution in [0, 0.1) is 0 Å². The third-order valence-electron chi connectivity index (χ3n) is 2.06. The van der Waals surface area contributed by atoms with Crippen molar-refractivity contribution in [2.24, 2.45) is 4.99 Å². The van der Waals surface area contributed by atoms with Gasteiger partial charge in [0.25, 0.3) is 0 Å². The standard InChI is InChI=1S/C10H9F3N2S/c11-10(12,13)7-3-1-2-4-8(7)15-9-14-5-6-16-9/h1-4H,5-6H2,(H,14,15). The van der Waals surface area contributed by atoms with Crippen LogP contribution >= 0.6 is 11.8 Å². The fourth-order valence-corrected chi connectivity index (χ4v) is 2.11. The van der Waals surface area contributed by atoms with E-state index in [-0.39, 0.29) is 5.69 Å². The zero-order valence-electron chi connectivity index (χ0n) is 8.21. The zero-order valence-corrected chi connectivity index (χ0v) is 9.03. The van der Waals surface area contributed by atoms with Gasteiger partial charge in [-0.1, -0.05) is 23.9 Å². The first-order valence-electron chi connectivity index (χ1n) is 4.68. The molecule has 0 radical (unpaired) electrons. The van der Waals surface area contributed by atoms with Crippen molar-refractivity contribution in [3.63, 3.8) is 0 Å². The molecule has 0 amide bonds. The molecule has 86 valence electrons. The highest BCUT2D eigenvalue weighted by atomic mass is 32.2. The Bertz CT molecular complexity index is 415. The molecule has 0 atom stereocenters. The van der Waals surface area contributed by atoms with Crippen molar-refractivity contribution in [2.75, 3.05) is 17.6 Å². The SMILES string of the molecule is FC(F)(F)c1ccccc1NC1=NCCS1. The Morgan fingerprint density at radius 1 is 1.25 bits per heavy atom. The minimum Gasteiger partial charge on any atom is -0.334 e. The average Bonchev–Trinajstić information content (AvgIpc) is 2.70. The summed E-state index contributed by atoms with van der Waals surface area (Å²) >= 11 is 1.43. The van der Waals surface area contributed by atoms with Crippen LogP contribution in [0.15, 0.2) is 29.3 Å². The van der Waals surface area contributed by atoms with Gasteiger partial charge in [-0.2, -0.15) is 13.2 Å². The van der Waals surface area contributed by atoms with Crippen LogP contribution in [0.3, 0.4) is 0 Å². The van der Waals surface area contributed by atoms with Gasteiger partial charge in [0.2, 0.25) is 0 Å². The van der Waals surface area contributed by atoms with Gasteiger partial charge in [0.05, 0.1) is 17.8 Å². The summed E-state index contributed by atoms with van der Waals surface area (Å²) in [5.74, 6) is 0.816. The molecule has 0 saturated carbocycles. The number of anilines is 1. The molecule has 1 aromatic rings. The summed E-state index contributed by atoms with van der Waals surface area (Å²) in [6.45, 7) is 0.654. The number of hydrogen-bond acceptors (Lipinski definition) is 3. The van der Waals surface area contributed by atoms with Gasteiger partial charge in [0.1, 0.15) is 0 Å². The van der Waals surface area contributed by atoms with E-state index in [1.807, 2.05) is 0 Å². The lowest BCUT2D eigenvalue weighted by atomic mass is 10.2. The molecule has 1 aliphatic heterocycles. The maximum atomic E-state index is 12.6. The molecule has 0 unspecified atom stereocenters. The van der Waals surface area contributed by atoms with Gasteiger partial charge in [-0.25, -0.2) is 0 Å². The van der Waals surface area contributed by atoms with Crippen molar-refractivity contribution in [1.29, 1.82) is 0 Å². The quantitative estimate of drug-likeness (QED) is 0.822. The number of alkyl halides is 3. The number of nitrogens with one attached hydrogen (secondary N) is 1. The van der Waals surface area contributed by atoms with Gasteiger partial charge in [-0.3, -0.25) is 4.99 Å². The Balaban J connectivity index is 2.26. The molecule has 16 heavy (non-hydrogen) atoms. The number of aliphatic imine (C=N–C) groups is 1. The second kappa shape index (κ2) is 4.37. The number of halogens is 3. The van der Waals surface area contributed by atoms with E-state index in [0.29, 0.717) is 11.7 Å². The normalized spacial score (nSPS) is 16.1. The van der Waals surface area contributed by atoms with E-state index < -0.39 is 11.7 Å². The van der Waals surface area contributed by atoms with E-state index >= 15 is 0 Å². The Morgan fingerprint density at radius 2 is 2.00 bits per heavy atom. The molecule has 1 aromatic carbocycles. The highest BCUT2D eigenvalue weighted by Crippen LogP contribution is 2.35. The maximum Gasteiger partial charge on any atom is 0.418 e. The number of amidine groups is 1. The maximum absolute atomic E-state index is 12.6. The predicted molar refractivity (Wildman–Crippen MR) is 59.8 cm³/mol. The predicted octanol–water partition coefficient (Wildman–Crippen LogP) is 3.22. The van der Waals surface area contributed by atoms with Gasteiger partial charge in [0, 0.05) is 5.75 Å². The van der Waals surface area contributed by atoms with Crippen molar-refractivity contribution in [2.45, 2.75) is 6.18 Å². The van der Waals surface area contributed by atoms with Gasteiger partial charge < -0.3 is 5.32 Å². The van der Waals surface area contributed by atoms with Gasteiger partial charge in [-0.05, 0) is 12.1 Å². The largest absolute Gasteiger partial charge is 0.418 e. The number of thioether (sulfide) groups is 1. The molecule has 1 aliphatic rings.